The number of nitro benzene ring substituents is 1. The number of nitro groups is 1. The van der Waals surface area contributed by atoms with E-state index < -0.39 is 4.92 Å². The number of halogens is 1. The van der Waals surface area contributed by atoms with Gasteiger partial charge >= 0.3 is 0 Å². The lowest BCUT2D eigenvalue weighted by Gasteiger charge is -2.00. The van der Waals surface area contributed by atoms with Gasteiger partial charge in [0.2, 0.25) is 4.96 Å². The highest BCUT2D eigenvalue weighted by Gasteiger charge is 2.16. The van der Waals surface area contributed by atoms with Crippen LogP contribution in [0.3, 0.4) is 0 Å². The first-order valence-corrected chi connectivity index (χ1v) is 11.8. The Morgan fingerprint density at radius 3 is 2.46 bits per heavy atom. The molecular formula is C26H15FN6O3S. The van der Waals surface area contributed by atoms with E-state index in [-0.39, 0.29) is 17.1 Å². The van der Waals surface area contributed by atoms with Crippen molar-refractivity contribution in [3.63, 3.8) is 0 Å². The second kappa shape index (κ2) is 8.88. The van der Waals surface area contributed by atoms with Gasteiger partial charge < -0.3 is 0 Å². The lowest BCUT2D eigenvalue weighted by atomic mass is 10.1. The zero-order chi connectivity index (χ0) is 25.5. The van der Waals surface area contributed by atoms with Crippen molar-refractivity contribution < 1.29 is 9.31 Å². The van der Waals surface area contributed by atoms with Gasteiger partial charge in [0.1, 0.15) is 11.5 Å². The molecule has 37 heavy (non-hydrogen) atoms. The van der Waals surface area contributed by atoms with E-state index in [4.69, 9.17) is 0 Å². The summed E-state index contributed by atoms with van der Waals surface area (Å²) >= 11 is 1.16. The predicted molar refractivity (Wildman–Crippen MR) is 137 cm³/mol. The molecule has 0 amide bonds. The molecule has 180 valence electrons. The first kappa shape index (κ1) is 22.4. The van der Waals surface area contributed by atoms with Crippen LogP contribution in [0.15, 0.2) is 89.9 Å². The summed E-state index contributed by atoms with van der Waals surface area (Å²) in [5.41, 5.74) is 2.60. The number of benzene rings is 3. The maximum atomic E-state index is 13.3. The Hall–Kier alpha value is -5.03. The molecule has 3 aromatic carbocycles. The number of thiazole rings is 1. The summed E-state index contributed by atoms with van der Waals surface area (Å²) in [5, 5.41) is 20.3. The average Bonchev–Trinajstić information content (AvgIpc) is 3.60. The van der Waals surface area contributed by atoms with Crippen LogP contribution in [0.5, 0.6) is 0 Å². The smallest absolute Gasteiger partial charge is 0.266 e. The molecule has 11 heteroatoms. The minimum absolute atomic E-state index is 0.0608. The molecule has 0 spiro atoms. The summed E-state index contributed by atoms with van der Waals surface area (Å²) in [7, 11) is 0. The number of non-ortho nitro benzene ring substituents is 1. The monoisotopic (exact) mass is 510 g/mol. The maximum Gasteiger partial charge on any atom is 0.291 e. The molecule has 0 radical (unpaired) electrons. The molecule has 0 saturated heterocycles. The molecule has 0 bridgehead atoms. The van der Waals surface area contributed by atoms with E-state index in [2.05, 4.69) is 15.2 Å². The predicted octanol–water partition coefficient (Wildman–Crippen LogP) is 4.27. The molecule has 0 N–H and O–H groups in total. The molecule has 0 atom stereocenters. The Balaban J connectivity index is 1.49. The molecule has 3 heterocycles. The normalized spacial score (nSPS) is 11.9. The fraction of sp³-hybridized carbons (Fsp3) is 0. The quantitative estimate of drug-likeness (QED) is 0.253. The number of rotatable bonds is 5. The van der Waals surface area contributed by atoms with Gasteiger partial charge in [-0.2, -0.15) is 14.6 Å². The second-order valence-electron chi connectivity index (χ2n) is 8.07. The molecule has 9 nitrogen and oxygen atoms in total. The molecule has 0 saturated carbocycles. The van der Waals surface area contributed by atoms with Crippen LogP contribution in [0.4, 0.5) is 10.1 Å². The van der Waals surface area contributed by atoms with Crippen molar-refractivity contribution >= 4 is 28.1 Å². The Bertz CT molecular complexity index is 1890. The summed E-state index contributed by atoms with van der Waals surface area (Å²) in [6, 6.07) is 21.3. The van der Waals surface area contributed by atoms with Gasteiger partial charge in [0, 0.05) is 35.0 Å². The van der Waals surface area contributed by atoms with Crippen molar-refractivity contribution in [3.8, 4) is 28.3 Å². The van der Waals surface area contributed by atoms with E-state index in [9.17, 15) is 19.3 Å². The minimum Gasteiger partial charge on any atom is -0.266 e. The molecule has 0 aliphatic rings. The van der Waals surface area contributed by atoms with Crippen LogP contribution >= 0.6 is 11.3 Å². The number of hydrogen-bond acceptors (Lipinski definition) is 7. The van der Waals surface area contributed by atoms with Crippen LogP contribution in [-0.2, 0) is 0 Å². The molecule has 3 aromatic heterocycles. The molecule has 6 rings (SSSR count). The topological polar surface area (TPSA) is 108 Å². The fourth-order valence-electron chi connectivity index (χ4n) is 3.89. The summed E-state index contributed by atoms with van der Waals surface area (Å²) in [5.74, 6) is -0.0501. The number of fused-ring (bicyclic) bond motifs is 1. The minimum atomic E-state index is -0.463. The number of nitrogens with zero attached hydrogens (tertiary/aromatic N) is 6. The van der Waals surface area contributed by atoms with E-state index in [0.717, 1.165) is 17.0 Å². The third-order valence-electron chi connectivity index (χ3n) is 5.66. The number of aromatic nitrogens is 5. The largest absolute Gasteiger partial charge is 0.291 e. The zero-order valence-corrected chi connectivity index (χ0v) is 19.7. The van der Waals surface area contributed by atoms with Gasteiger partial charge in [-0.25, -0.2) is 9.07 Å². The number of hydrogen-bond donors (Lipinski definition) is 0. The Kier molecular flexibility index (Phi) is 5.38. The lowest BCUT2D eigenvalue weighted by Crippen LogP contribution is -2.23. The van der Waals surface area contributed by atoms with Crippen LogP contribution < -0.4 is 10.1 Å². The Morgan fingerprint density at radius 2 is 1.73 bits per heavy atom. The van der Waals surface area contributed by atoms with Gasteiger partial charge in [-0.15, -0.1) is 5.10 Å². The summed E-state index contributed by atoms with van der Waals surface area (Å²) in [6.07, 6.45) is 3.45. The average molecular weight is 511 g/mol. The first-order valence-electron chi connectivity index (χ1n) is 11.0. The van der Waals surface area contributed by atoms with Crippen molar-refractivity contribution in [2.45, 2.75) is 0 Å². The van der Waals surface area contributed by atoms with Crippen molar-refractivity contribution in [2.24, 2.45) is 0 Å². The summed E-state index contributed by atoms with van der Waals surface area (Å²) < 4.78 is 16.5. The van der Waals surface area contributed by atoms with Gasteiger partial charge in [0.15, 0.2) is 5.82 Å². The standard InChI is InChI=1S/C26H15FN6O3S/c27-19-11-9-16(10-12-19)24-28-26-32(30-24)25(34)22(37-26)14-18-15-31(20-6-2-1-3-7-20)29-23(18)17-5-4-8-21(13-17)33(35)36/h1-15H. The zero-order valence-electron chi connectivity index (χ0n) is 18.9. The fourth-order valence-corrected chi connectivity index (χ4v) is 4.79. The highest BCUT2D eigenvalue weighted by atomic mass is 32.1. The molecule has 0 aliphatic carbocycles. The SMILES string of the molecule is O=c1c(=Cc2cn(-c3ccccc3)nc2-c2cccc([N+](=O)[O-])c2)sc2nc(-c3ccc(F)cc3)nn12. The Labute approximate surface area is 211 Å². The first-order chi connectivity index (χ1) is 18.0. The molecule has 0 unspecified atom stereocenters. The highest BCUT2D eigenvalue weighted by molar-refractivity contribution is 7.15. The number of para-hydroxylation sites is 1. The maximum absolute atomic E-state index is 13.3. The van der Waals surface area contributed by atoms with Crippen LogP contribution in [0.25, 0.3) is 39.4 Å². The van der Waals surface area contributed by atoms with Gasteiger partial charge in [-0.1, -0.05) is 41.7 Å². The van der Waals surface area contributed by atoms with Gasteiger partial charge in [-0.3, -0.25) is 14.9 Å². The molecule has 0 aliphatic heterocycles. The van der Waals surface area contributed by atoms with Gasteiger partial charge in [0.25, 0.3) is 11.2 Å². The van der Waals surface area contributed by atoms with Gasteiger partial charge in [0.05, 0.1) is 15.1 Å². The van der Waals surface area contributed by atoms with E-state index in [1.165, 1.54) is 28.8 Å². The van der Waals surface area contributed by atoms with Crippen molar-refractivity contribution in [1.29, 1.82) is 0 Å². The second-order valence-corrected chi connectivity index (χ2v) is 9.08. The van der Waals surface area contributed by atoms with E-state index in [0.29, 0.717) is 37.7 Å². The third-order valence-corrected chi connectivity index (χ3v) is 6.62. The lowest BCUT2D eigenvalue weighted by molar-refractivity contribution is -0.384. The van der Waals surface area contributed by atoms with Crippen molar-refractivity contribution in [1.82, 2.24) is 24.4 Å². The third kappa shape index (κ3) is 4.17. The molecular weight excluding hydrogens is 495 g/mol. The van der Waals surface area contributed by atoms with E-state index in [1.54, 1.807) is 41.2 Å². The van der Waals surface area contributed by atoms with Crippen LogP contribution in [0, 0.1) is 15.9 Å². The summed E-state index contributed by atoms with van der Waals surface area (Å²) in [4.78, 5) is 28.9. The molecule has 6 aromatic rings. The van der Waals surface area contributed by atoms with Gasteiger partial charge in [-0.05, 0) is 42.5 Å². The van der Waals surface area contributed by atoms with Crippen molar-refractivity contribution in [3.05, 3.63) is 121 Å². The van der Waals surface area contributed by atoms with Crippen LogP contribution in [-0.4, -0.2) is 29.3 Å². The molecule has 0 fully saturated rings. The van der Waals surface area contributed by atoms with E-state index >= 15 is 0 Å². The van der Waals surface area contributed by atoms with E-state index in [1.807, 2.05) is 30.3 Å². The Morgan fingerprint density at radius 1 is 0.946 bits per heavy atom. The van der Waals surface area contributed by atoms with Crippen molar-refractivity contribution in [2.75, 3.05) is 0 Å². The van der Waals surface area contributed by atoms with Crippen LogP contribution in [0.2, 0.25) is 0 Å². The summed E-state index contributed by atoms with van der Waals surface area (Å²) in [6.45, 7) is 0. The highest BCUT2D eigenvalue weighted by Crippen LogP contribution is 2.27. The van der Waals surface area contributed by atoms with Crippen LogP contribution in [0.1, 0.15) is 5.56 Å².